The molecule has 0 saturated carbocycles. The lowest BCUT2D eigenvalue weighted by atomic mass is 10.0. The quantitative estimate of drug-likeness (QED) is 0.620. The fourth-order valence-electron chi connectivity index (χ4n) is 4.13. The average Bonchev–Trinajstić information content (AvgIpc) is 2.79. The van der Waals surface area contributed by atoms with Crippen LogP contribution in [0.1, 0.15) is 30.9 Å². The number of carbonyl (C=O) groups is 1. The first-order valence-corrected chi connectivity index (χ1v) is 11.2. The van der Waals surface area contributed by atoms with Gasteiger partial charge in [0.05, 0.1) is 5.52 Å². The lowest BCUT2D eigenvalue weighted by molar-refractivity contribution is -0.129. The minimum absolute atomic E-state index is 0.134. The number of benzene rings is 2. The molecule has 1 amide bonds. The summed E-state index contributed by atoms with van der Waals surface area (Å²) in [5, 5.41) is 5.40. The van der Waals surface area contributed by atoms with Crippen molar-refractivity contribution in [3.05, 3.63) is 70.7 Å². The summed E-state index contributed by atoms with van der Waals surface area (Å²) >= 11 is 6.22. The van der Waals surface area contributed by atoms with Crippen molar-refractivity contribution < 1.29 is 4.79 Å². The Morgan fingerprint density at radius 1 is 1.10 bits per heavy atom. The summed E-state index contributed by atoms with van der Waals surface area (Å²) in [6.07, 6.45) is 0. The molecule has 1 fully saturated rings. The van der Waals surface area contributed by atoms with E-state index < -0.39 is 0 Å². The number of carbonyl (C=O) groups excluding carboxylic acids is 1. The van der Waals surface area contributed by atoms with E-state index in [9.17, 15) is 4.79 Å². The Morgan fingerprint density at radius 2 is 1.84 bits per heavy atom. The Kier molecular flexibility index (Phi) is 6.73. The number of pyridine rings is 1. The van der Waals surface area contributed by atoms with Crippen LogP contribution in [0.15, 0.2) is 54.6 Å². The number of nitrogens with zero attached hydrogens (tertiary/aromatic N) is 3. The van der Waals surface area contributed by atoms with E-state index in [1.165, 1.54) is 11.1 Å². The van der Waals surface area contributed by atoms with Gasteiger partial charge in [-0.25, -0.2) is 4.98 Å². The van der Waals surface area contributed by atoms with E-state index in [1.807, 2.05) is 23.1 Å². The van der Waals surface area contributed by atoms with Gasteiger partial charge in [-0.1, -0.05) is 54.9 Å². The number of rotatable bonds is 6. The maximum absolute atomic E-state index is 11.7. The van der Waals surface area contributed by atoms with E-state index in [2.05, 4.69) is 53.5 Å². The van der Waals surface area contributed by atoms with E-state index in [0.717, 1.165) is 56.0 Å². The SMILES string of the molecule is CC(=O)N1CCN(c2nc3cc(Cl)ccc3cc2CNC[C@H](C)c2ccccc2)CC1. The molecular formula is C25H29ClN4O. The molecule has 1 aliphatic rings. The van der Waals surface area contributed by atoms with Crippen LogP contribution in [0.4, 0.5) is 5.82 Å². The van der Waals surface area contributed by atoms with Gasteiger partial charge in [-0.15, -0.1) is 0 Å². The first-order chi connectivity index (χ1) is 15.0. The summed E-state index contributed by atoms with van der Waals surface area (Å²) in [7, 11) is 0. The lowest BCUT2D eigenvalue weighted by Gasteiger charge is -2.36. The van der Waals surface area contributed by atoms with E-state index in [1.54, 1.807) is 6.92 Å². The van der Waals surface area contributed by atoms with Crippen LogP contribution in [0.2, 0.25) is 5.02 Å². The van der Waals surface area contributed by atoms with Crippen LogP contribution in [-0.2, 0) is 11.3 Å². The smallest absolute Gasteiger partial charge is 0.219 e. The average molecular weight is 437 g/mol. The topological polar surface area (TPSA) is 48.5 Å². The van der Waals surface area contributed by atoms with E-state index in [0.29, 0.717) is 10.9 Å². The normalized spacial score (nSPS) is 15.3. The third-order valence-corrected chi connectivity index (χ3v) is 6.23. The predicted molar refractivity (Wildman–Crippen MR) is 128 cm³/mol. The van der Waals surface area contributed by atoms with E-state index >= 15 is 0 Å². The standard InChI is InChI=1S/C25H29ClN4O/c1-18(20-6-4-3-5-7-20)16-27-17-22-14-21-8-9-23(26)15-24(21)28-25(22)30-12-10-29(11-13-30)19(2)31/h3-9,14-15,18,27H,10-13,16-17H2,1-2H3/t18-/m0/s1. The Hall–Kier alpha value is -2.63. The fraction of sp³-hybridized carbons (Fsp3) is 0.360. The van der Waals surface area contributed by atoms with Crippen molar-refractivity contribution in [2.75, 3.05) is 37.6 Å². The van der Waals surface area contributed by atoms with Gasteiger partial charge in [-0.3, -0.25) is 4.79 Å². The van der Waals surface area contributed by atoms with Gasteiger partial charge in [0.1, 0.15) is 5.82 Å². The molecular weight excluding hydrogens is 408 g/mol. The number of anilines is 1. The number of amides is 1. The van der Waals surface area contributed by atoms with Crippen molar-refractivity contribution in [2.24, 2.45) is 0 Å². The second kappa shape index (κ2) is 9.67. The molecule has 0 spiro atoms. The Bertz CT molecular complexity index is 1050. The molecule has 1 aliphatic heterocycles. The highest BCUT2D eigenvalue weighted by molar-refractivity contribution is 6.31. The maximum atomic E-state index is 11.7. The van der Waals surface area contributed by atoms with Gasteiger partial charge in [0.25, 0.3) is 0 Å². The largest absolute Gasteiger partial charge is 0.353 e. The molecule has 162 valence electrons. The molecule has 5 nitrogen and oxygen atoms in total. The van der Waals surface area contributed by atoms with Gasteiger partial charge >= 0.3 is 0 Å². The molecule has 6 heteroatoms. The van der Waals surface area contributed by atoms with Gasteiger partial charge < -0.3 is 15.1 Å². The van der Waals surface area contributed by atoms with Gasteiger partial charge in [-0.2, -0.15) is 0 Å². The molecule has 1 saturated heterocycles. The number of piperazine rings is 1. The molecule has 1 aromatic heterocycles. The molecule has 1 N–H and O–H groups in total. The van der Waals surface area contributed by atoms with Crippen molar-refractivity contribution in [2.45, 2.75) is 26.3 Å². The third-order valence-electron chi connectivity index (χ3n) is 5.99. The Balaban J connectivity index is 1.53. The van der Waals surface area contributed by atoms with Crippen LogP contribution in [-0.4, -0.2) is 48.5 Å². The molecule has 2 heterocycles. The molecule has 3 aromatic rings. The van der Waals surface area contributed by atoms with E-state index in [-0.39, 0.29) is 5.91 Å². The molecule has 2 aromatic carbocycles. The van der Waals surface area contributed by atoms with Crippen LogP contribution in [0.5, 0.6) is 0 Å². The highest BCUT2D eigenvalue weighted by Gasteiger charge is 2.22. The fourth-order valence-corrected chi connectivity index (χ4v) is 4.30. The molecule has 1 atom stereocenters. The van der Waals surface area contributed by atoms with Crippen LogP contribution in [0.3, 0.4) is 0 Å². The number of halogens is 1. The zero-order valence-electron chi connectivity index (χ0n) is 18.1. The van der Waals surface area contributed by atoms with Crippen molar-refractivity contribution in [3.8, 4) is 0 Å². The predicted octanol–water partition coefficient (Wildman–Crippen LogP) is 4.45. The third kappa shape index (κ3) is 5.17. The van der Waals surface area contributed by atoms with Gasteiger partial charge in [0.2, 0.25) is 5.91 Å². The molecule has 0 bridgehead atoms. The van der Waals surface area contributed by atoms with Crippen molar-refractivity contribution in [1.82, 2.24) is 15.2 Å². The maximum Gasteiger partial charge on any atom is 0.219 e. The first-order valence-electron chi connectivity index (χ1n) is 10.9. The molecule has 0 radical (unpaired) electrons. The number of hydrogen-bond donors (Lipinski definition) is 1. The van der Waals surface area contributed by atoms with Crippen molar-refractivity contribution >= 4 is 34.2 Å². The highest BCUT2D eigenvalue weighted by atomic mass is 35.5. The van der Waals surface area contributed by atoms with Crippen LogP contribution >= 0.6 is 11.6 Å². The van der Waals surface area contributed by atoms with Gasteiger partial charge in [0.15, 0.2) is 0 Å². The molecule has 0 aliphatic carbocycles. The Labute approximate surface area is 189 Å². The van der Waals surface area contributed by atoms with E-state index in [4.69, 9.17) is 16.6 Å². The molecule has 0 unspecified atom stereocenters. The second-order valence-electron chi connectivity index (χ2n) is 8.24. The summed E-state index contributed by atoms with van der Waals surface area (Å²) in [6, 6.07) is 18.6. The highest BCUT2D eigenvalue weighted by Crippen LogP contribution is 2.27. The van der Waals surface area contributed by atoms with Crippen LogP contribution < -0.4 is 10.2 Å². The van der Waals surface area contributed by atoms with Crippen molar-refractivity contribution in [1.29, 1.82) is 0 Å². The summed E-state index contributed by atoms with van der Waals surface area (Å²) in [5.74, 6) is 1.54. The minimum atomic E-state index is 0.134. The van der Waals surface area contributed by atoms with Gasteiger partial charge in [0, 0.05) is 62.2 Å². The first kappa shape index (κ1) is 21.6. The summed E-state index contributed by atoms with van der Waals surface area (Å²) < 4.78 is 0. The summed E-state index contributed by atoms with van der Waals surface area (Å²) in [5.41, 5.74) is 3.41. The molecule has 31 heavy (non-hydrogen) atoms. The zero-order chi connectivity index (χ0) is 21.8. The van der Waals surface area contributed by atoms with Crippen LogP contribution in [0.25, 0.3) is 10.9 Å². The summed E-state index contributed by atoms with van der Waals surface area (Å²) in [6.45, 7) is 8.52. The second-order valence-corrected chi connectivity index (χ2v) is 8.68. The molecule has 4 rings (SSSR count). The number of hydrogen-bond acceptors (Lipinski definition) is 4. The number of nitrogens with one attached hydrogen (secondary N) is 1. The van der Waals surface area contributed by atoms with Crippen LogP contribution in [0, 0.1) is 0 Å². The number of aromatic nitrogens is 1. The number of fused-ring (bicyclic) bond motifs is 1. The zero-order valence-corrected chi connectivity index (χ0v) is 18.9. The van der Waals surface area contributed by atoms with Crippen molar-refractivity contribution in [3.63, 3.8) is 0 Å². The summed E-state index contributed by atoms with van der Waals surface area (Å²) in [4.78, 5) is 20.9. The minimum Gasteiger partial charge on any atom is -0.353 e. The Morgan fingerprint density at radius 3 is 2.55 bits per heavy atom. The van der Waals surface area contributed by atoms with Gasteiger partial charge in [-0.05, 0) is 29.7 Å². The lowest BCUT2D eigenvalue weighted by Crippen LogP contribution is -2.48. The monoisotopic (exact) mass is 436 g/mol.